The molecule has 0 unspecified atom stereocenters. The van der Waals surface area contributed by atoms with Crippen LogP contribution in [0, 0.1) is 19.8 Å². The van der Waals surface area contributed by atoms with E-state index in [-0.39, 0.29) is 23.7 Å². The van der Waals surface area contributed by atoms with Gasteiger partial charge in [-0.05, 0) is 39.0 Å². The molecule has 2 aromatic rings. The van der Waals surface area contributed by atoms with Gasteiger partial charge in [-0.2, -0.15) is 0 Å². The van der Waals surface area contributed by atoms with Crippen LogP contribution in [0.3, 0.4) is 0 Å². The number of primary amides is 1. The average molecular weight is 354 g/mol. The maximum atomic E-state index is 13.2. The highest BCUT2D eigenvalue weighted by Crippen LogP contribution is 2.21. The summed E-state index contributed by atoms with van der Waals surface area (Å²) < 4.78 is 2.13. The molecule has 1 fully saturated rings. The maximum Gasteiger partial charge on any atom is 0.221 e. The van der Waals surface area contributed by atoms with E-state index in [1.807, 2.05) is 45.0 Å². The van der Waals surface area contributed by atoms with Crippen molar-refractivity contribution in [1.82, 2.24) is 4.57 Å². The molecule has 138 valence electrons. The molecule has 0 radical (unpaired) electrons. The number of amides is 1. The number of carbonyl (C=O) groups excluding carboxylic acids is 2. The first-order chi connectivity index (χ1) is 12.4. The van der Waals surface area contributed by atoms with Crippen LogP contribution in [0.5, 0.6) is 0 Å². The first kappa shape index (κ1) is 18.4. The molecule has 0 saturated carbocycles. The Morgan fingerprint density at radius 3 is 2.35 bits per heavy atom. The van der Waals surface area contributed by atoms with Gasteiger partial charge < -0.3 is 15.2 Å². The zero-order valence-corrected chi connectivity index (χ0v) is 15.8. The lowest BCUT2D eigenvalue weighted by Crippen LogP contribution is -3.17. The van der Waals surface area contributed by atoms with Crippen molar-refractivity contribution in [2.45, 2.75) is 39.7 Å². The van der Waals surface area contributed by atoms with Crippen LogP contribution in [0.2, 0.25) is 0 Å². The van der Waals surface area contributed by atoms with Crippen LogP contribution in [0.15, 0.2) is 36.4 Å². The molecule has 1 amide bonds. The number of likely N-dealkylation sites (tertiary alicyclic amines) is 1. The van der Waals surface area contributed by atoms with E-state index in [1.165, 1.54) is 4.90 Å². The van der Waals surface area contributed by atoms with Crippen LogP contribution in [0.1, 0.15) is 41.5 Å². The number of ketones is 1. The summed E-state index contributed by atoms with van der Waals surface area (Å²) >= 11 is 0. The van der Waals surface area contributed by atoms with Crippen molar-refractivity contribution >= 4 is 11.7 Å². The molecule has 0 bridgehead atoms. The zero-order chi connectivity index (χ0) is 18.8. The van der Waals surface area contributed by atoms with Crippen molar-refractivity contribution in [2.24, 2.45) is 11.7 Å². The number of nitrogens with two attached hydrogens (primary N) is 1. The highest BCUT2D eigenvalue weighted by atomic mass is 16.1. The first-order valence-electron chi connectivity index (χ1n) is 9.32. The van der Waals surface area contributed by atoms with E-state index in [0.29, 0.717) is 0 Å². The van der Waals surface area contributed by atoms with Gasteiger partial charge in [0.2, 0.25) is 11.7 Å². The number of hydrogen-bond donors (Lipinski definition) is 2. The van der Waals surface area contributed by atoms with E-state index in [0.717, 1.165) is 48.6 Å². The van der Waals surface area contributed by atoms with Crippen molar-refractivity contribution in [2.75, 3.05) is 13.1 Å². The van der Waals surface area contributed by atoms with E-state index in [4.69, 9.17) is 5.73 Å². The molecule has 1 aliphatic heterocycles. The number of Topliss-reactive ketones (excluding diaryl/α,β-unsaturated/α-hetero) is 1. The summed E-state index contributed by atoms with van der Waals surface area (Å²) in [6, 6.07) is 12.0. The van der Waals surface area contributed by atoms with E-state index in [9.17, 15) is 9.59 Å². The molecular formula is C21H28N3O2+. The second-order valence-corrected chi connectivity index (χ2v) is 7.38. The Hall–Kier alpha value is -2.40. The van der Waals surface area contributed by atoms with Crippen molar-refractivity contribution in [3.05, 3.63) is 53.3 Å². The van der Waals surface area contributed by atoms with Gasteiger partial charge in [0.1, 0.15) is 6.04 Å². The highest BCUT2D eigenvalue weighted by molar-refractivity contribution is 6.00. The third-order valence-corrected chi connectivity index (χ3v) is 5.75. The minimum absolute atomic E-state index is 0.0378. The number of nitrogens with one attached hydrogen (secondary N) is 1. The van der Waals surface area contributed by atoms with Crippen LogP contribution < -0.4 is 10.6 Å². The number of piperidine rings is 1. The molecule has 1 aromatic carbocycles. The van der Waals surface area contributed by atoms with E-state index < -0.39 is 0 Å². The number of rotatable bonds is 5. The SMILES string of the molecule is Cc1cc(C(=O)[C@@H](C)[NH+]2CCC(C(N)=O)CC2)c(C)n1-c1ccccc1. The Kier molecular flexibility index (Phi) is 5.28. The minimum Gasteiger partial charge on any atom is -0.369 e. The number of hydrogen-bond acceptors (Lipinski definition) is 2. The van der Waals surface area contributed by atoms with Gasteiger partial charge in [-0.15, -0.1) is 0 Å². The van der Waals surface area contributed by atoms with Crippen LogP contribution >= 0.6 is 0 Å². The molecule has 0 spiro atoms. The van der Waals surface area contributed by atoms with Gasteiger partial charge >= 0.3 is 0 Å². The van der Waals surface area contributed by atoms with Crippen molar-refractivity contribution in [3.8, 4) is 5.69 Å². The molecule has 1 saturated heterocycles. The lowest BCUT2D eigenvalue weighted by molar-refractivity contribution is -0.919. The Morgan fingerprint density at radius 1 is 1.15 bits per heavy atom. The maximum absolute atomic E-state index is 13.2. The lowest BCUT2D eigenvalue weighted by atomic mass is 9.94. The molecular weight excluding hydrogens is 326 g/mol. The largest absolute Gasteiger partial charge is 0.369 e. The van der Waals surface area contributed by atoms with Gasteiger partial charge in [-0.3, -0.25) is 9.59 Å². The number of aryl methyl sites for hydroxylation is 1. The fraction of sp³-hybridized carbons (Fsp3) is 0.429. The Morgan fingerprint density at radius 2 is 1.77 bits per heavy atom. The molecule has 1 aromatic heterocycles. The number of para-hydroxylation sites is 1. The van der Waals surface area contributed by atoms with Crippen molar-refractivity contribution < 1.29 is 14.5 Å². The summed E-state index contributed by atoms with van der Waals surface area (Å²) in [5.41, 5.74) is 9.33. The summed E-state index contributed by atoms with van der Waals surface area (Å²) in [5, 5.41) is 0. The highest BCUT2D eigenvalue weighted by Gasteiger charge is 2.33. The number of benzene rings is 1. The van der Waals surface area contributed by atoms with Crippen LogP contribution in [-0.2, 0) is 4.79 Å². The lowest BCUT2D eigenvalue weighted by Gasteiger charge is -2.31. The van der Waals surface area contributed by atoms with Gasteiger partial charge in [0, 0.05) is 41.4 Å². The zero-order valence-electron chi connectivity index (χ0n) is 15.8. The number of aromatic nitrogens is 1. The smallest absolute Gasteiger partial charge is 0.221 e. The fourth-order valence-corrected chi connectivity index (χ4v) is 4.11. The number of nitrogens with zero attached hydrogens (tertiary/aromatic N) is 1. The molecule has 0 aliphatic carbocycles. The van der Waals surface area contributed by atoms with E-state index in [2.05, 4.69) is 16.7 Å². The third kappa shape index (κ3) is 3.44. The quantitative estimate of drug-likeness (QED) is 0.798. The van der Waals surface area contributed by atoms with Crippen LogP contribution in [0.25, 0.3) is 5.69 Å². The fourth-order valence-electron chi connectivity index (χ4n) is 4.11. The summed E-state index contributed by atoms with van der Waals surface area (Å²) in [4.78, 5) is 25.7. The van der Waals surface area contributed by atoms with Gasteiger partial charge in [0.05, 0.1) is 13.1 Å². The van der Waals surface area contributed by atoms with Crippen molar-refractivity contribution in [3.63, 3.8) is 0 Å². The Labute approximate surface area is 154 Å². The first-order valence-corrected chi connectivity index (χ1v) is 9.32. The van der Waals surface area contributed by atoms with Gasteiger partial charge in [0.25, 0.3) is 0 Å². The summed E-state index contributed by atoms with van der Waals surface area (Å²) in [6.45, 7) is 7.67. The van der Waals surface area contributed by atoms with E-state index in [1.54, 1.807) is 0 Å². The van der Waals surface area contributed by atoms with Crippen LogP contribution in [0.4, 0.5) is 0 Å². The molecule has 3 N–H and O–H groups in total. The summed E-state index contributed by atoms with van der Waals surface area (Å²) in [5.74, 6) is -0.0774. The van der Waals surface area contributed by atoms with Gasteiger partial charge in [-0.1, -0.05) is 18.2 Å². The second-order valence-electron chi connectivity index (χ2n) is 7.38. The summed E-state index contributed by atoms with van der Waals surface area (Å²) in [6.07, 6.45) is 1.54. The normalized spacial score (nSPS) is 21.3. The second kappa shape index (κ2) is 7.46. The number of carbonyl (C=O) groups is 2. The summed E-state index contributed by atoms with van der Waals surface area (Å²) in [7, 11) is 0. The topological polar surface area (TPSA) is 69.5 Å². The van der Waals surface area contributed by atoms with Gasteiger partial charge in [0.15, 0.2) is 0 Å². The van der Waals surface area contributed by atoms with Gasteiger partial charge in [-0.25, -0.2) is 0 Å². The standard InChI is InChI=1S/C21H27N3O2/c1-14-13-19(15(2)24(14)18-7-5-4-6-8-18)20(25)16(3)23-11-9-17(10-12-23)21(22)26/h4-8,13,16-17H,9-12H2,1-3H3,(H2,22,26)/p+1/t16-/m1/s1. The average Bonchev–Trinajstić information content (AvgIpc) is 2.95. The van der Waals surface area contributed by atoms with E-state index >= 15 is 0 Å². The molecule has 3 rings (SSSR count). The predicted octanol–water partition coefficient (Wildman–Crippen LogP) is 1.45. The molecule has 5 heteroatoms. The molecule has 1 aliphatic rings. The van der Waals surface area contributed by atoms with Crippen LogP contribution in [-0.4, -0.2) is 35.4 Å². The molecule has 2 heterocycles. The minimum atomic E-state index is -0.213. The monoisotopic (exact) mass is 354 g/mol. The molecule has 1 atom stereocenters. The molecule has 5 nitrogen and oxygen atoms in total. The number of quaternary nitrogens is 1. The Balaban J connectivity index is 1.79. The van der Waals surface area contributed by atoms with Crippen molar-refractivity contribution in [1.29, 1.82) is 0 Å². The molecule has 26 heavy (non-hydrogen) atoms. The Bertz CT molecular complexity index is 802. The third-order valence-electron chi connectivity index (χ3n) is 5.75. The predicted molar refractivity (Wildman–Crippen MR) is 102 cm³/mol.